The van der Waals surface area contributed by atoms with E-state index < -0.39 is 65.1 Å². The number of rotatable bonds is 13. The molecule has 0 fully saturated rings. The Balaban J connectivity index is 0.000000296. The zero-order valence-electron chi connectivity index (χ0n) is 28.1. The first kappa shape index (κ1) is 46.2. The molecular weight excluding hydrogens is 1020 g/mol. The Kier molecular flexibility index (Phi) is 17.5. The maximum Gasteiger partial charge on any atom is 0.416 e. The number of hydrogen-bond acceptors (Lipinski definition) is 8. The molecule has 2 unspecified atom stereocenters. The monoisotopic (exact) mass is 1050 g/mol. The molecule has 21 heteroatoms. The number of carbonyl (C=O) groups is 2. The van der Waals surface area contributed by atoms with Gasteiger partial charge in [0.1, 0.15) is 36.5 Å². The fourth-order valence-corrected chi connectivity index (χ4v) is 5.16. The van der Waals surface area contributed by atoms with Crippen LogP contribution in [0.2, 0.25) is 10.0 Å². The molecule has 0 saturated carbocycles. The number of aliphatic hydroxyl groups excluding tert-OH is 2. The van der Waals surface area contributed by atoms with Crippen molar-refractivity contribution in [1.29, 1.82) is 0 Å². The maximum absolute atomic E-state index is 14.1. The lowest BCUT2D eigenvalue weighted by Gasteiger charge is -2.16. The summed E-state index contributed by atoms with van der Waals surface area (Å²) in [6.07, 6.45) is -8.51. The van der Waals surface area contributed by atoms with E-state index >= 15 is 0 Å². The SMILES string of the molecule is CC(C)C(O)CONC(=O)c1cc(Cl)c(F)cc1Nc1ccc(I)cc1F.O=C(NOCC(O)C(F)(F)F)c1cc(Cl)c(F)cc1Nc1ccc(I)cc1F. The van der Waals surface area contributed by atoms with Gasteiger partial charge in [-0.1, -0.05) is 37.0 Å². The summed E-state index contributed by atoms with van der Waals surface area (Å²) in [7, 11) is 0. The van der Waals surface area contributed by atoms with E-state index in [1.807, 2.05) is 45.2 Å². The summed E-state index contributed by atoms with van der Waals surface area (Å²) in [5.41, 5.74) is 3.28. The van der Waals surface area contributed by atoms with Crippen LogP contribution >= 0.6 is 68.4 Å². The van der Waals surface area contributed by atoms with E-state index in [0.717, 1.165) is 24.3 Å². The van der Waals surface area contributed by atoms with Gasteiger partial charge in [-0.2, -0.15) is 13.2 Å². The summed E-state index contributed by atoms with van der Waals surface area (Å²) in [4.78, 5) is 33.9. The highest BCUT2D eigenvalue weighted by Gasteiger charge is 2.38. The van der Waals surface area contributed by atoms with E-state index in [2.05, 4.69) is 21.0 Å². The number of carbonyl (C=O) groups excluding carboxylic acids is 2. The molecule has 2 atom stereocenters. The Bertz CT molecular complexity index is 2000. The molecule has 4 aromatic rings. The molecule has 4 aromatic carbocycles. The third-order valence-corrected chi connectivity index (χ3v) is 8.90. The summed E-state index contributed by atoms with van der Waals surface area (Å²) in [6.45, 7) is 2.21. The van der Waals surface area contributed by atoms with Crippen LogP contribution < -0.4 is 21.6 Å². The minimum absolute atomic E-state index is 0.0162. The van der Waals surface area contributed by atoms with Gasteiger partial charge in [0.25, 0.3) is 11.8 Å². The lowest BCUT2D eigenvalue weighted by molar-refractivity contribution is -0.221. The third-order valence-electron chi connectivity index (χ3n) is 6.98. The summed E-state index contributed by atoms with van der Waals surface area (Å²) < 4.78 is 93.7. The molecule has 4 rings (SSSR count). The van der Waals surface area contributed by atoms with Crippen LogP contribution in [0.4, 0.5) is 53.5 Å². The molecule has 0 spiro atoms. The van der Waals surface area contributed by atoms with Gasteiger partial charge < -0.3 is 20.8 Å². The van der Waals surface area contributed by atoms with Crippen molar-refractivity contribution in [2.75, 3.05) is 23.8 Å². The summed E-state index contributed by atoms with van der Waals surface area (Å²) in [5.74, 6) is -4.79. The molecule has 0 bridgehead atoms. The minimum Gasteiger partial charge on any atom is -0.390 e. The predicted molar refractivity (Wildman–Crippen MR) is 207 cm³/mol. The van der Waals surface area contributed by atoms with E-state index in [9.17, 15) is 45.4 Å². The van der Waals surface area contributed by atoms with E-state index in [1.54, 1.807) is 31.5 Å². The zero-order chi connectivity index (χ0) is 41.2. The van der Waals surface area contributed by atoms with Crippen molar-refractivity contribution < 1.29 is 60.2 Å². The Hall–Kier alpha value is -3.19. The number of anilines is 4. The standard InChI is InChI=1S/C18H18ClF2IN2O3.C16H11ClF5IN2O3/c1-9(2)17(25)8-27-24-18(26)11-6-12(19)13(20)7-16(11)23-15-4-3-10(22)5-14(15)21;17-9-4-8(15(27)25-28-6-14(26)16(20,21)22)13(5-10(9)18)24-12-2-1-7(23)3-11(12)19/h3-7,9,17,23,25H,8H2,1-2H3,(H,24,26);1-5,14,24,26H,6H2,(H,25,27). The number of halogens is 11. The van der Waals surface area contributed by atoms with Crippen LogP contribution in [-0.2, 0) is 9.68 Å². The second-order valence-electron chi connectivity index (χ2n) is 11.5. The van der Waals surface area contributed by atoms with Gasteiger partial charge in [0.2, 0.25) is 0 Å². The van der Waals surface area contributed by atoms with Crippen molar-refractivity contribution >= 4 is 103 Å². The molecule has 0 radical (unpaired) electrons. The number of aliphatic hydroxyl groups is 2. The van der Waals surface area contributed by atoms with Crippen molar-refractivity contribution in [3.8, 4) is 0 Å². The van der Waals surface area contributed by atoms with Gasteiger partial charge in [0, 0.05) is 7.14 Å². The third kappa shape index (κ3) is 14.1. The van der Waals surface area contributed by atoms with Crippen molar-refractivity contribution in [2.45, 2.75) is 32.2 Å². The lowest BCUT2D eigenvalue weighted by atomic mass is 10.1. The first-order chi connectivity index (χ1) is 25.7. The molecule has 0 saturated heterocycles. The van der Waals surface area contributed by atoms with Gasteiger partial charge >= 0.3 is 6.18 Å². The van der Waals surface area contributed by atoms with Crippen molar-refractivity contribution in [3.05, 3.63) is 112 Å². The largest absolute Gasteiger partial charge is 0.416 e. The van der Waals surface area contributed by atoms with Crippen molar-refractivity contribution in [1.82, 2.24) is 11.0 Å². The highest BCUT2D eigenvalue weighted by Crippen LogP contribution is 2.31. The van der Waals surface area contributed by atoms with E-state index in [-0.39, 0.29) is 51.4 Å². The van der Waals surface area contributed by atoms with Crippen LogP contribution in [-0.4, -0.2) is 53.6 Å². The van der Waals surface area contributed by atoms with E-state index in [1.165, 1.54) is 24.3 Å². The van der Waals surface area contributed by atoms with Crippen LogP contribution in [0.3, 0.4) is 0 Å². The first-order valence-corrected chi connectivity index (χ1v) is 18.3. The fraction of sp³-hybridized carbons (Fsp3) is 0.235. The number of hydrogen-bond donors (Lipinski definition) is 6. The molecular formula is C34H29Cl2F7I2N4O6. The van der Waals surface area contributed by atoms with Gasteiger partial charge in [-0.15, -0.1) is 0 Å². The Morgan fingerprint density at radius 1 is 0.673 bits per heavy atom. The molecule has 10 nitrogen and oxygen atoms in total. The van der Waals surface area contributed by atoms with Crippen LogP contribution in [0.5, 0.6) is 0 Å². The minimum atomic E-state index is -4.93. The quantitative estimate of drug-likeness (QED) is 0.0443. The van der Waals surface area contributed by atoms with Crippen LogP contribution in [0.25, 0.3) is 0 Å². The second-order valence-corrected chi connectivity index (χ2v) is 14.8. The van der Waals surface area contributed by atoms with Crippen LogP contribution in [0, 0.1) is 36.3 Å². The molecule has 2 amide bonds. The highest BCUT2D eigenvalue weighted by atomic mass is 127. The Morgan fingerprint density at radius 3 is 1.44 bits per heavy atom. The highest BCUT2D eigenvalue weighted by molar-refractivity contribution is 14.1. The second kappa shape index (κ2) is 20.8. The molecule has 0 aliphatic heterocycles. The topological polar surface area (TPSA) is 141 Å². The number of hydroxylamine groups is 2. The molecule has 0 heterocycles. The van der Waals surface area contributed by atoms with Gasteiger partial charge in [0.05, 0.1) is 50.0 Å². The Labute approximate surface area is 346 Å². The first-order valence-electron chi connectivity index (χ1n) is 15.4. The zero-order valence-corrected chi connectivity index (χ0v) is 33.9. The predicted octanol–water partition coefficient (Wildman–Crippen LogP) is 9.20. The number of benzene rings is 4. The van der Waals surface area contributed by atoms with Gasteiger partial charge in [-0.25, -0.2) is 28.5 Å². The van der Waals surface area contributed by atoms with Crippen LogP contribution in [0.1, 0.15) is 34.6 Å². The average Bonchev–Trinajstić information content (AvgIpc) is 3.09. The Morgan fingerprint density at radius 2 is 1.07 bits per heavy atom. The smallest absolute Gasteiger partial charge is 0.390 e. The summed E-state index contributed by atoms with van der Waals surface area (Å²) in [6, 6.07) is 12.3. The molecule has 0 aromatic heterocycles. The van der Waals surface area contributed by atoms with Crippen molar-refractivity contribution in [3.63, 3.8) is 0 Å². The van der Waals surface area contributed by atoms with E-state index in [4.69, 9.17) is 33.1 Å². The molecule has 6 N–H and O–H groups in total. The normalized spacial score (nSPS) is 12.4. The lowest BCUT2D eigenvalue weighted by Crippen LogP contribution is -2.36. The molecule has 0 aliphatic rings. The number of amides is 2. The average molecular weight is 1050 g/mol. The van der Waals surface area contributed by atoms with E-state index in [0.29, 0.717) is 7.14 Å². The number of nitrogens with one attached hydrogen (secondary N) is 4. The summed E-state index contributed by atoms with van der Waals surface area (Å²) >= 11 is 15.3. The van der Waals surface area contributed by atoms with Gasteiger partial charge in [-0.3, -0.25) is 19.3 Å². The fourth-order valence-electron chi connectivity index (χ4n) is 3.92. The molecule has 55 heavy (non-hydrogen) atoms. The van der Waals surface area contributed by atoms with Gasteiger partial charge in [-0.05, 0) is 112 Å². The maximum atomic E-state index is 14.1. The molecule has 298 valence electrons. The number of alkyl halides is 3. The summed E-state index contributed by atoms with van der Waals surface area (Å²) in [5, 5.41) is 23.0. The molecule has 0 aliphatic carbocycles. The van der Waals surface area contributed by atoms with Crippen molar-refractivity contribution in [2.24, 2.45) is 5.92 Å². The van der Waals surface area contributed by atoms with Gasteiger partial charge in [0.15, 0.2) is 6.10 Å². The van der Waals surface area contributed by atoms with Crippen LogP contribution in [0.15, 0.2) is 60.7 Å².